The number of anilines is 3. The van der Waals surface area contributed by atoms with Crippen LogP contribution in [0.1, 0.15) is 41.9 Å². The smallest absolute Gasteiger partial charge is 0.258 e. The van der Waals surface area contributed by atoms with Crippen LogP contribution in [0, 0.1) is 17.6 Å². The molecule has 0 aliphatic carbocycles. The van der Waals surface area contributed by atoms with Crippen molar-refractivity contribution in [1.82, 2.24) is 14.5 Å². The molecule has 0 saturated carbocycles. The van der Waals surface area contributed by atoms with Gasteiger partial charge in [0.05, 0.1) is 41.9 Å². The van der Waals surface area contributed by atoms with E-state index in [0.717, 1.165) is 22.1 Å². The summed E-state index contributed by atoms with van der Waals surface area (Å²) in [5, 5.41) is 12.9. The first-order valence-electron chi connectivity index (χ1n) is 14.6. The third-order valence-corrected chi connectivity index (χ3v) is 10.1. The Morgan fingerprint density at radius 1 is 1.02 bits per heavy atom. The number of fused-ring (bicyclic) bond motifs is 1. The van der Waals surface area contributed by atoms with Gasteiger partial charge in [-0.25, -0.2) is 17.2 Å². The number of morpholine rings is 1. The zero-order valence-corrected chi connectivity index (χ0v) is 25.7. The standard InChI is InChI=1S/C30H34F2N6O6S/c1-30(2)17-38(45(41,42)22-12-19(31)11-20(32)13-22)15-24-26(30)35-36-27(24)34-29(40)23-4-3-21(37-6-9-43-10-7-37)14-25(23)33-28(39)18-5-8-44-16-18/h3-4,11-14,18H,5-10,15-17H2,1-2H3,(H,33,39)(H2,34,35,36,40). The number of nitrogens with zero attached hydrogens (tertiary/aromatic N) is 3. The molecule has 2 fully saturated rings. The predicted octanol–water partition coefficient (Wildman–Crippen LogP) is 3.23. The topological polar surface area (TPSA) is 146 Å². The zero-order chi connectivity index (χ0) is 31.9. The Morgan fingerprint density at radius 3 is 2.44 bits per heavy atom. The van der Waals surface area contributed by atoms with Crippen LogP contribution in [0.4, 0.5) is 26.0 Å². The molecule has 3 aliphatic rings. The maximum atomic E-state index is 13.9. The summed E-state index contributed by atoms with van der Waals surface area (Å²) in [6.07, 6.45) is 0.577. The molecule has 2 amide bonds. The Labute approximate surface area is 259 Å². The van der Waals surface area contributed by atoms with Gasteiger partial charge in [0.2, 0.25) is 15.9 Å². The maximum Gasteiger partial charge on any atom is 0.258 e. The van der Waals surface area contributed by atoms with Gasteiger partial charge in [0.25, 0.3) is 5.91 Å². The summed E-state index contributed by atoms with van der Waals surface area (Å²) in [6, 6.07) is 7.32. The summed E-state index contributed by atoms with van der Waals surface area (Å²) in [5.74, 6) is -3.08. The number of aromatic amines is 1. The average Bonchev–Trinajstić information content (AvgIpc) is 3.68. The number of nitrogens with one attached hydrogen (secondary N) is 3. The van der Waals surface area contributed by atoms with Crippen LogP contribution in [0.25, 0.3) is 0 Å². The van der Waals surface area contributed by atoms with E-state index in [9.17, 15) is 26.8 Å². The molecule has 0 bridgehead atoms. The first-order valence-corrected chi connectivity index (χ1v) is 16.1. The number of carbonyl (C=O) groups is 2. The van der Waals surface area contributed by atoms with Gasteiger partial charge in [-0.05, 0) is 36.8 Å². The van der Waals surface area contributed by atoms with E-state index in [1.807, 2.05) is 0 Å². The summed E-state index contributed by atoms with van der Waals surface area (Å²) < 4.78 is 66.8. The Hall–Kier alpha value is -3.92. The van der Waals surface area contributed by atoms with Crippen LogP contribution in [0.3, 0.4) is 0 Å². The number of aromatic nitrogens is 2. The van der Waals surface area contributed by atoms with E-state index in [0.29, 0.717) is 68.9 Å². The van der Waals surface area contributed by atoms with Gasteiger partial charge >= 0.3 is 0 Å². The zero-order valence-electron chi connectivity index (χ0n) is 24.9. The normalized spacial score (nSPS) is 20.1. The number of hydrogen-bond acceptors (Lipinski definition) is 8. The number of carbonyl (C=O) groups excluding carboxylic acids is 2. The maximum absolute atomic E-state index is 13.9. The molecule has 12 nitrogen and oxygen atoms in total. The van der Waals surface area contributed by atoms with Crippen molar-refractivity contribution in [3.05, 3.63) is 64.9 Å². The molecule has 240 valence electrons. The summed E-state index contributed by atoms with van der Waals surface area (Å²) in [5.41, 5.74) is 1.57. The molecule has 0 spiro atoms. The van der Waals surface area contributed by atoms with Crippen molar-refractivity contribution in [2.24, 2.45) is 5.92 Å². The van der Waals surface area contributed by atoms with Gasteiger partial charge in [-0.2, -0.15) is 9.40 Å². The molecule has 45 heavy (non-hydrogen) atoms. The highest BCUT2D eigenvalue weighted by Gasteiger charge is 2.41. The van der Waals surface area contributed by atoms with Crippen LogP contribution in [0.5, 0.6) is 0 Å². The average molecular weight is 645 g/mol. The van der Waals surface area contributed by atoms with E-state index in [1.54, 1.807) is 32.0 Å². The minimum absolute atomic E-state index is 0.000107. The molecule has 3 aliphatic heterocycles. The van der Waals surface area contributed by atoms with E-state index in [-0.39, 0.29) is 36.3 Å². The Balaban J connectivity index is 1.29. The highest BCUT2D eigenvalue weighted by atomic mass is 32.2. The van der Waals surface area contributed by atoms with E-state index in [2.05, 4.69) is 25.7 Å². The number of hydrogen-bond donors (Lipinski definition) is 3. The summed E-state index contributed by atoms with van der Waals surface area (Å²) in [7, 11) is -4.31. The molecule has 3 aromatic rings. The number of ether oxygens (including phenoxy) is 2. The molecule has 3 N–H and O–H groups in total. The first-order chi connectivity index (χ1) is 21.4. The first kappa shape index (κ1) is 31.1. The predicted molar refractivity (Wildman–Crippen MR) is 161 cm³/mol. The minimum atomic E-state index is -4.31. The van der Waals surface area contributed by atoms with Crippen LogP contribution < -0.4 is 15.5 Å². The van der Waals surface area contributed by atoms with E-state index < -0.39 is 37.9 Å². The quantitative estimate of drug-likeness (QED) is 0.356. The van der Waals surface area contributed by atoms with E-state index in [1.165, 1.54) is 0 Å². The van der Waals surface area contributed by atoms with Gasteiger partial charge in [0, 0.05) is 61.2 Å². The number of H-pyrrole nitrogens is 1. The lowest BCUT2D eigenvalue weighted by molar-refractivity contribution is -0.119. The number of sulfonamides is 1. The number of amides is 2. The molecular weight excluding hydrogens is 610 g/mol. The monoisotopic (exact) mass is 644 g/mol. The SMILES string of the molecule is CC1(C)CN(S(=O)(=O)c2cc(F)cc(F)c2)Cc2c(NC(=O)c3ccc(N4CCOCC4)cc3NC(=O)C3CCOC3)n[nH]c21. The third-order valence-electron chi connectivity index (χ3n) is 8.34. The number of benzene rings is 2. The molecule has 2 saturated heterocycles. The van der Waals surface area contributed by atoms with Gasteiger partial charge < -0.3 is 25.0 Å². The third kappa shape index (κ3) is 6.30. The van der Waals surface area contributed by atoms with Crippen molar-refractivity contribution in [3.63, 3.8) is 0 Å². The van der Waals surface area contributed by atoms with E-state index >= 15 is 0 Å². The van der Waals surface area contributed by atoms with Crippen LogP contribution >= 0.6 is 0 Å². The molecule has 6 rings (SSSR count). The Morgan fingerprint density at radius 2 is 1.76 bits per heavy atom. The molecule has 0 radical (unpaired) electrons. The lowest BCUT2D eigenvalue weighted by Crippen LogP contribution is -2.45. The van der Waals surface area contributed by atoms with Crippen molar-refractivity contribution in [2.45, 2.75) is 37.1 Å². The van der Waals surface area contributed by atoms with Crippen LogP contribution in [0.15, 0.2) is 41.3 Å². The molecule has 1 unspecified atom stereocenters. The van der Waals surface area contributed by atoms with E-state index in [4.69, 9.17) is 9.47 Å². The van der Waals surface area contributed by atoms with Crippen molar-refractivity contribution >= 4 is 39.0 Å². The van der Waals surface area contributed by atoms with Crippen molar-refractivity contribution in [2.75, 3.05) is 61.6 Å². The molecule has 1 atom stereocenters. The van der Waals surface area contributed by atoms with Gasteiger partial charge in [0.1, 0.15) is 11.6 Å². The second-order valence-corrected chi connectivity index (χ2v) is 14.0. The van der Waals surface area contributed by atoms with Gasteiger partial charge in [-0.1, -0.05) is 13.8 Å². The Kier molecular flexibility index (Phi) is 8.37. The number of halogens is 2. The fourth-order valence-electron chi connectivity index (χ4n) is 5.93. The van der Waals surface area contributed by atoms with Crippen LogP contribution in [-0.2, 0) is 36.3 Å². The summed E-state index contributed by atoms with van der Waals surface area (Å²) in [4.78, 5) is 28.4. The molecule has 4 heterocycles. The number of rotatable bonds is 7. The largest absolute Gasteiger partial charge is 0.381 e. The van der Waals surface area contributed by atoms with Gasteiger partial charge in [-0.15, -0.1) is 0 Å². The highest BCUT2D eigenvalue weighted by Crippen LogP contribution is 2.38. The summed E-state index contributed by atoms with van der Waals surface area (Å²) in [6.45, 7) is 6.62. The fourth-order valence-corrected chi connectivity index (χ4v) is 7.55. The molecule has 2 aromatic carbocycles. The Bertz CT molecular complexity index is 1710. The highest BCUT2D eigenvalue weighted by molar-refractivity contribution is 7.89. The van der Waals surface area contributed by atoms with Crippen molar-refractivity contribution in [1.29, 1.82) is 0 Å². The second-order valence-electron chi connectivity index (χ2n) is 12.0. The lowest BCUT2D eigenvalue weighted by atomic mass is 9.84. The van der Waals surface area contributed by atoms with Crippen LogP contribution in [-0.4, -0.2) is 80.8 Å². The van der Waals surface area contributed by atoms with Gasteiger partial charge in [-0.3, -0.25) is 14.7 Å². The minimum Gasteiger partial charge on any atom is -0.381 e. The molecular formula is C30H34F2N6O6S. The van der Waals surface area contributed by atoms with Crippen molar-refractivity contribution < 1.29 is 36.3 Å². The lowest BCUT2D eigenvalue weighted by Gasteiger charge is -2.36. The van der Waals surface area contributed by atoms with Crippen molar-refractivity contribution in [3.8, 4) is 0 Å². The fraction of sp³-hybridized carbons (Fsp3) is 0.433. The summed E-state index contributed by atoms with van der Waals surface area (Å²) >= 11 is 0. The van der Waals surface area contributed by atoms with Crippen LogP contribution in [0.2, 0.25) is 0 Å². The molecule has 1 aromatic heterocycles. The molecule has 15 heteroatoms. The van der Waals surface area contributed by atoms with Gasteiger partial charge in [0.15, 0.2) is 5.82 Å². The second kappa shape index (κ2) is 12.1.